The molecule has 2 aromatic carbocycles. The predicted octanol–water partition coefficient (Wildman–Crippen LogP) is 3.92. The monoisotopic (exact) mass is 391 g/mol. The minimum Gasteiger partial charge on any atom is -0.497 e. The smallest absolute Gasteiger partial charge is 0.416 e. The second kappa shape index (κ2) is 7.44. The number of nitrogens with zero attached hydrogens (tertiary/aromatic N) is 2. The van der Waals surface area contributed by atoms with Crippen LogP contribution in [0, 0.1) is 0 Å². The summed E-state index contributed by atoms with van der Waals surface area (Å²) in [5.74, 6) is 1.62. The summed E-state index contributed by atoms with van der Waals surface area (Å²) in [7, 11) is 1.63. The molecule has 1 aliphatic heterocycles. The van der Waals surface area contributed by atoms with Crippen molar-refractivity contribution in [2.45, 2.75) is 25.4 Å². The van der Waals surface area contributed by atoms with Crippen LogP contribution in [0.4, 0.5) is 13.2 Å². The summed E-state index contributed by atoms with van der Waals surface area (Å²) in [5, 5.41) is 3.31. The summed E-state index contributed by atoms with van der Waals surface area (Å²) in [6.45, 7) is 2.07. The Hall–Kier alpha value is -2.58. The Kier molecular flexibility index (Phi) is 4.99. The first-order valence-corrected chi connectivity index (χ1v) is 8.95. The predicted molar refractivity (Wildman–Crippen MR) is 98.1 cm³/mol. The van der Waals surface area contributed by atoms with Crippen molar-refractivity contribution in [2.75, 3.05) is 20.3 Å². The van der Waals surface area contributed by atoms with Gasteiger partial charge < -0.3 is 19.4 Å². The van der Waals surface area contributed by atoms with E-state index in [1.165, 1.54) is 12.1 Å². The van der Waals surface area contributed by atoms with E-state index in [1.807, 2.05) is 18.2 Å². The maximum Gasteiger partial charge on any atom is 0.416 e. The van der Waals surface area contributed by atoms with E-state index in [0.29, 0.717) is 26.3 Å². The lowest BCUT2D eigenvalue weighted by Gasteiger charge is -2.26. The molecular formula is C20H20F3N3O2. The molecule has 8 heteroatoms. The molecule has 148 valence electrons. The van der Waals surface area contributed by atoms with E-state index in [0.717, 1.165) is 40.3 Å². The van der Waals surface area contributed by atoms with Crippen molar-refractivity contribution < 1.29 is 22.6 Å². The van der Waals surface area contributed by atoms with Crippen molar-refractivity contribution in [3.8, 4) is 5.75 Å². The van der Waals surface area contributed by atoms with Crippen molar-refractivity contribution >= 4 is 11.0 Å². The van der Waals surface area contributed by atoms with E-state index in [-0.39, 0.29) is 6.04 Å². The molecule has 0 fully saturated rings. The maximum atomic E-state index is 12.7. The molecule has 0 saturated heterocycles. The van der Waals surface area contributed by atoms with Crippen molar-refractivity contribution in [1.82, 2.24) is 14.9 Å². The zero-order valence-corrected chi connectivity index (χ0v) is 15.3. The van der Waals surface area contributed by atoms with Gasteiger partial charge in [-0.1, -0.05) is 12.1 Å². The Morgan fingerprint density at radius 3 is 2.71 bits per heavy atom. The van der Waals surface area contributed by atoms with E-state index >= 15 is 0 Å². The highest BCUT2D eigenvalue weighted by Gasteiger charge is 2.30. The van der Waals surface area contributed by atoms with Crippen LogP contribution in [0.5, 0.6) is 5.75 Å². The summed E-state index contributed by atoms with van der Waals surface area (Å²) < 4.78 is 51.1. The van der Waals surface area contributed by atoms with Gasteiger partial charge in [0, 0.05) is 19.2 Å². The molecule has 5 nitrogen and oxygen atoms in total. The zero-order chi connectivity index (χ0) is 19.7. The maximum absolute atomic E-state index is 12.7. The average molecular weight is 391 g/mol. The van der Waals surface area contributed by atoms with Crippen LogP contribution in [0.1, 0.15) is 23.0 Å². The van der Waals surface area contributed by atoms with Gasteiger partial charge in [-0.25, -0.2) is 4.98 Å². The third-order valence-corrected chi connectivity index (χ3v) is 4.87. The lowest BCUT2D eigenvalue weighted by molar-refractivity contribution is -0.137. The molecule has 0 bridgehead atoms. The molecule has 0 spiro atoms. The van der Waals surface area contributed by atoms with Gasteiger partial charge in [-0.15, -0.1) is 0 Å². The number of nitrogens with one attached hydrogen (secondary N) is 1. The average Bonchev–Trinajstić information content (AvgIpc) is 3.06. The highest BCUT2D eigenvalue weighted by Crippen LogP contribution is 2.30. The lowest BCUT2D eigenvalue weighted by Crippen LogP contribution is -2.32. The Bertz CT molecular complexity index is 967. The number of hydrogen-bond donors (Lipinski definition) is 1. The van der Waals surface area contributed by atoms with Gasteiger partial charge in [-0.2, -0.15) is 13.2 Å². The number of halogens is 3. The summed E-state index contributed by atoms with van der Waals surface area (Å²) in [6, 6.07) is 11.0. The third-order valence-electron chi connectivity index (χ3n) is 4.87. The minimum atomic E-state index is -4.31. The second-order valence-corrected chi connectivity index (χ2v) is 6.75. The fraction of sp³-hybridized carbons (Fsp3) is 0.350. The number of ether oxygens (including phenoxy) is 2. The fourth-order valence-corrected chi connectivity index (χ4v) is 3.46. The van der Waals surface area contributed by atoms with Gasteiger partial charge in [0.2, 0.25) is 0 Å². The summed E-state index contributed by atoms with van der Waals surface area (Å²) in [4.78, 5) is 4.63. The Morgan fingerprint density at radius 1 is 1.21 bits per heavy atom. The number of methoxy groups -OCH3 is 1. The van der Waals surface area contributed by atoms with Gasteiger partial charge in [0.15, 0.2) is 0 Å². The summed E-state index contributed by atoms with van der Waals surface area (Å²) >= 11 is 0. The number of hydrogen-bond acceptors (Lipinski definition) is 4. The number of fused-ring (bicyclic) bond motifs is 3. The zero-order valence-electron chi connectivity index (χ0n) is 15.3. The molecule has 0 amide bonds. The topological polar surface area (TPSA) is 48.3 Å². The molecule has 1 atom stereocenters. The van der Waals surface area contributed by atoms with Crippen LogP contribution in [0.15, 0.2) is 42.5 Å². The van der Waals surface area contributed by atoms with Crippen LogP contribution in [-0.2, 0) is 24.1 Å². The van der Waals surface area contributed by atoms with Gasteiger partial charge in [-0.3, -0.25) is 0 Å². The molecule has 1 aliphatic rings. The van der Waals surface area contributed by atoms with Gasteiger partial charge in [-0.05, 0) is 29.8 Å². The normalized spacial score (nSPS) is 16.9. The second-order valence-electron chi connectivity index (χ2n) is 6.75. The Morgan fingerprint density at radius 2 is 2.00 bits per heavy atom. The van der Waals surface area contributed by atoms with Gasteiger partial charge >= 0.3 is 6.18 Å². The number of aromatic nitrogens is 2. The standard InChI is InChI=1S/C20H20F3N3O2/c1-27-16-6-7-17-18(8-16)26-15(11-28-12-19(26)25-17)10-24-9-13-2-4-14(5-3-13)20(21,22)23/h2-8,15,24H,9-12H2,1H3. The van der Waals surface area contributed by atoms with Gasteiger partial charge in [0.05, 0.1) is 36.4 Å². The SMILES string of the molecule is COc1ccc2nc3n(c2c1)C(CNCc1ccc(C(F)(F)F)cc1)COC3. The highest BCUT2D eigenvalue weighted by molar-refractivity contribution is 5.78. The number of rotatable bonds is 5. The van der Waals surface area contributed by atoms with Crippen LogP contribution in [0.25, 0.3) is 11.0 Å². The summed E-state index contributed by atoms with van der Waals surface area (Å²) in [5.41, 5.74) is 2.02. The fourth-order valence-electron chi connectivity index (χ4n) is 3.46. The molecule has 1 aromatic heterocycles. The molecule has 0 radical (unpaired) electrons. The van der Waals surface area contributed by atoms with Crippen LogP contribution in [0.3, 0.4) is 0 Å². The van der Waals surface area contributed by atoms with Crippen LogP contribution < -0.4 is 10.1 Å². The van der Waals surface area contributed by atoms with Crippen molar-refractivity contribution in [3.05, 3.63) is 59.4 Å². The lowest BCUT2D eigenvalue weighted by atomic mass is 10.1. The quantitative estimate of drug-likeness (QED) is 0.716. The Balaban J connectivity index is 1.47. The molecule has 0 saturated carbocycles. The largest absolute Gasteiger partial charge is 0.497 e. The minimum absolute atomic E-state index is 0.0373. The first-order valence-electron chi connectivity index (χ1n) is 8.95. The Labute approximate surface area is 160 Å². The van der Waals surface area contributed by atoms with E-state index in [4.69, 9.17) is 9.47 Å². The van der Waals surface area contributed by atoms with E-state index < -0.39 is 11.7 Å². The first-order chi connectivity index (χ1) is 13.5. The van der Waals surface area contributed by atoms with E-state index in [2.05, 4.69) is 14.9 Å². The first kappa shape index (κ1) is 18.8. The van der Waals surface area contributed by atoms with Gasteiger partial charge in [0.25, 0.3) is 0 Å². The molecule has 3 aromatic rings. The molecule has 28 heavy (non-hydrogen) atoms. The van der Waals surface area contributed by atoms with Crippen molar-refractivity contribution in [3.63, 3.8) is 0 Å². The van der Waals surface area contributed by atoms with E-state index in [9.17, 15) is 13.2 Å². The van der Waals surface area contributed by atoms with Crippen LogP contribution in [-0.4, -0.2) is 29.8 Å². The van der Waals surface area contributed by atoms with Gasteiger partial charge in [0.1, 0.15) is 18.2 Å². The van der Waals surface area contributed by atoms with Crippen molar-refractivity contribution in [1.29, 1.82) is 0 Å². The number of imidazole rings is 1. The number of benzene rings is 2. The molecule has 1 unspecified atom stereocenters. The van der Waals surface area contributed by atoms with Crippen LogP contribution >= 0.6 is 0 Å². The van der Waals surface area contributed by atoms with E-state index in [1.54, 1.807) is 7.11 Å². The molecule has 4 rings (SSSR count). The molecule has 0 aliphatic carbocycles. The third kappa shape index (κ3) is 3.70. The molecular weight excluding hydrogens is 371 g/mol. The van der Waals surface area contributed by atoms with Crippen molar-refractivity contribution in [2.24, 2.45) is 0 Å². The number of alkyl halides is 3. The molecule has 2 heterocycles. The highest BCUT2D eigenvalue weighted by atomic mass is 19.4. The summed E-state index contributed by atoms with van der Waals surface area (Å²) in [6.07, 6.45) is -4.31. The molecule has 1 N–H and O–H groups in total. The van der Waals surface area contributed by atoms with Crippen LogP contribution in [0.2, 0.25) is 0 Å².